The molecule has 0 bridgehead atoms. The lowest BCUT2D eigenvalue weighted by atomic mass is 10.2. The third kappa shape index (κ3) is 1.95. The molecular weight excluding hydrogens is 238 g/mol. The minimum atomic E-state index is -3.46. The van der Waals surface area contributed by atoms with E-state index >= 15 is 0 Å². The van der Waals surface area contributed by atoms with Crippen LogP contribution < -0.4 is 5.73 Å². The van der Waals surface area contributed by atoms with E-state index in [0.29, 0.717) is 10.9 Å². The normalized spacial score (nSPS) is 12.2. The molecule has 1 aromatic heterocycles. The number of para-hydroxylation sites is 1. The van der Waals surface area contributed by atoms with Crippen molar-refractivity contribution in [1.82, 2.24) is 9.97 Å². The Morgan fingerprint density at radius 3 is 2.47 bits per heavy atom. The highest BCUT2D eigenvalue weighted by molar-refractivity contribution is 7.92. The third-order valence-electron chi connectivity index (χ3n) is 2.48. The molecule has 2 rings (SSSR count). The molecule has 90 valence electrons. The lowest BCUT2D eigenvalue weighted by Crippen LogP contribution is -2.17. The first-order chi connectivity index (χ1) is 7.93. The quantitative estimate of drug-likeness (QED) is 0.815. The van der Waals surface area contributed by atoms with E-state index in [1.165, 1.54) is 0 Å². The minimum Gasteiger partial charge on any atom is -0.368 e. The van der Waals surface area contributed by atoms with Crippen LogP contribution in [-0.4, -0.2) is 23.6 Å². The van der Waals surface area contributed by atoms with Crippen molar-refractivity contribution in [2.75, 3.05) is 5.73 Å². The maximum atomic E-state index is 12.2. The average Bonchev–Trinajstić information content (AvgIpc) is 2.27. The van der Waals surface area contributed by atoms with Gasteiger partial charge >= 0.3 is 0 Å². The van der Waals surface area contributed by atoms with Gasteiger partial charge in [0.05, 0.1) is 10.8 Å². The third-order valence-corrected chi connectivity index (χ3v) is 4.57. The average molecular weight is 251 g/mol. The van der Waals surface area contributed by atoms with Crippen molar-refractivity contribution in [2.24, 2.45) is 0 Å². The van der Waals surface area contributed by atoms with Gasteiger partial charge in [0.1, 0.15) is 0 Å². The van der Waals surface area contributed by atoms with Crippen molar-refractivity contribution in [3.05, 3.63) is 24.3 Å². The lowest BCUT2D eigenvalue weighted by Gasteiger charge is -2.09. The summed E-state index contributed by atoms with van der Waals surface area (Å²) in [6.07, 6.45) is 0. The van der Waals surface area contributed by atoms with Crippen LogP contribution in [0.3, 0.4) is 0 Å². The summed E-state index contributed by atoms with van der Waals surface area (Å²) in [4.78, 5) is 7.88. The van der Waals surface area contributed by atoms with Crippen molar-refractivity contribution in [3.63, 3.8) is 0 Å². The molecule has 1 heterocycles. The standard InChI is InChI=1S/C11H13N3O2S/c1-7(2)17(15,16)10-8-5-3-4-6-9(8)13-11(12)14-10/h3-7H,1-2H3,(H2,12,13,14). The molecule has 0 unspecified atom stereocenters. The second-order valence-corrected chi connectivity index (χ2v) is 6.42. The van der Waals surface area contributed by atoms with Crippen molar-refractivity contribution in [2.45, 2.75) is 24.1 Å². The molecule has 5 nitrogen and oxygen atoms in total. The largest absolute Gasteiger partial charge is 0.368 e. The molecule has 0 aliphatic carbocycles. The summed E-state index contributed by atoms with van der Waals surface area (Å²) in [6.45, 7) is 3.23. The summed E-state index contributed by atoms with van der Waals surface area (Å²) >= 11 is 0. The van der Waals surface area contributed by atoms with Crippen LogP contribution in [0, 0.1) is 0 Å². The number of benzene rings is 1. The summed E-state index contributed by atoms with van der Waals surface area (Å²) in [7, 11) is -3.46. The SMILES string of the molecule is CC(C)S(=O)(=O)c1nc(N)nc2ccccc12. The van der Waals surface area contributed by atoms with Crippen molar-refractivity contribution >= 4 is 26.7 Å². The highest BCUT2D eigenvalue weighted by atomic mass is 32.2. The molecule has 6 heteroatoms. The first kappa shape index (κ1) is 11.8. The molecule has 2 N–H and O–H groups in total. The summed E-state index contributed by atoms with van der Waals surface area (Å²) in [6, 6.07) is 6.93. The van der Waals surface area contributed by atoms with Crippen LogP contribution >= 0.6 is 0 Å². The van der Waals surface area contributed by atoms with Crippen molar-refractivity contribution in [1.29, 1.82) is 0 Å². The molecule has 0 aliphatic rings. The van der Waals surface area contributed by atoms with Gasteiger partial charge in [-0.25, -0.2) is 18.4 Å². The Labute approximate surface area is 99.6 Å². The van der Waals surface area contributed by atoms with Crippen molar-refractivity contribution < 1.29 is 8.42 Å². The Balaban J connectivity index is 2.86. The minimum absolute atomic E-state index is 0.00981. The highest BCUT2D eigenvalue weighted by Crippen LogP contribution is 2.23. The first-order valence-electron chi connectivity index (χ1n) is 5.19. The van der Waals surface area contributed by atoms with Gasteiger partial charge in [-0.15, -0.1) is 0 Å². The van der Waals surface area contributed by atoms with Gasteiger partial charge in [0.25, 0.3) is 0 Å². The predicted octanol–water partition coefficient (Wildman–Crippen LogP) is 1.39. The molecule has 0 spiro atoms. The highest BCUT2D eigenvalue weighted by Gasteiger charge is 2.24. The van der Waals surface area contributed by atoms with Crippen LogP contribution in [0.2, 0.25) is 0 Å². The van der Waals surface area contributed by atoms with E-state index in [-0.39, 0.29) is 11.0 Å². The van der Waals surface area contributed by atoms with E-state index in [9.17, 15) is 8.42 Å². The Morgan fingerprint density at radius 2 is 1.82 bits per heavy atom. The van der Waals surface area contributed by atoms with Crippen molar-refractivity contribution in [3.8, 4) is 0 Å². The Morgan fingerprint density at radius 1 is 1.18 bits per heavy atom. The molecule has 0 saturated heterocycles. The zero-order valence-corrected chi connectivity index (χ0v) is 10.4. The number of nitrogens with zero attached hydrogens (tertiary/aromatic N) is 2. The number of rotatable bonds is 2. The van der Waals surface area contributed by atoms with Gasteiger partial charge in [0.2, 0.25) is 5.95 Å². The zero-order valence-electron chi connectivity index (χ0n) is 9.58. The Hall–Kier alpha value is -1.69. The zero-order chi connectivity index (χ0) is 12.6. The van der Waals surface area contributed by atoms with Gasteiger partial charge in [0.15, 0.2) is 14.9 Å². The molecule has 1 aromatic carbocycles. The fraction of sp³-hybridized carbons (Fsp3) is 0.273. The summed E-state index contributed by atoms with van der Waals surface area (Å²) < 4.78 is 24.3. The van der Waals surface area contributed by atoms with Crippen LogP contribution in [0.15, 0.2) is 29.3 Å². The monoisotopic (exact) mass is 251 g/mol. The van der Waals surface area contributed by atoms with E-state index in [1.807, 2.05) is 0 Å². The molecule has 0 atom stereocenters. The van der Waals surface area contributed by atoms with E-state index in [1.54, 1.807) is 38.1 Å². The van der Waals surface area contributed by atoms with Crippen LogP contribution in [0.5, 0.6) is 0 Å². The topological polar surface area (TPSA) is 85.9 Å². The van der Waals surface area contributed by atoms with Gasteiger partial charge in [0, 0.05) is 5.39 Å². The fourth-order valence-electron chi connectivity index (χ4n) is 1.50. The maximum absolute atomic E-state index is 12.2. The number of hydrogen-bond donors (Lipinski definition) is 1. The maximum Gasteiger partial charge on any atom is 0.221 e. The smallest absolute Gasteiger partial charge is 0.221 e. The summed E-state index contributed by atoms with van der Waals surface area (Å²) in [5.41, 5.74) is 6.08. The van der Waals surface area contributed by atoms with Gasteiger partial charge in [-0.1, -0.05) is 12.1 Å². The van der Waals surface area contributed by atoms with Gasteiger partial charge in [-0.3, -0.25) is 0 Å². The molecule has 0 fully saturated rings. The predicted molar refractivity (Wildman–Crippen MR) is 66.3 cm³/mol. The Kier molecular flexibility index (Phi) is 2.74. The number of fused-ring (bicyclic) bond motifs is 1. The summed E-state index contributed by atoms with van der Waals surface area (Å²) in [5.74, 6) is -0.0251. The number of hydrogen-bond acceptors (Lipinski definition) is 5. The van der Waals surface area contributed by atoms with Crippen LogP contribution in [0.25, 0.3) is 10.9 Å². The van der Waals surface area contributed by atoms with Gasteiger partial charge < -0.3 is 5.73 Å². The van der Waals surface area contributed by atoms with E-state index in [2.05, 4.69) is 9.97 Å². The van der Waals surface area contributed by atoms with E-state index < -0.39 is 15.1 Å². The van der Waals surface area contributed by atoms with Crippen LogP contribution in [0.4, 0.5) is 5.95 Å². The van der Waals surface area contributed by atoms with Crippen LogP contribution in [-0.2, 0) is 9.84 Å². The molecule has 0 radical (unpaired) electrons. The number of nitrogens with two attached hydrogens (primary N) is 1. The molecule has 2 aromatic rings. The lowest BCUT2D eigenvalue weighted by molar-refractivity contribution is 0.584. The molecule has 0 aliphatic heterocycles. The van der Waals surface area contributed by atoms with E-state index in [4.69, 9.17) is 5.73 Å². The van der Waals surface area contributed by atoms with Gasteiger partial charge in [-0.2, -0.15) is 0 Å². The van der Waals surface area contributed by atoms with E-state index in [0.717, 1.165) is 0 Å². The molecular formula is C11H13N3O2S. The Bertz CT molecular complexity index is 665. The number of anilines is 1. The number of nitrogen functional groups attached to an aromatic ring is 1. The number of sulfone groups is 1. The van der Waals surface area contributed by atoms with Gasteiger partial charge in [-0.05, 0) is 26.0 Å². The second-order valence-electron chi connectivity index (χ2n) is 4.00. The number of aromatic nitrogens is 2. The second kappa shape index (κ2) is 3.96. The van der Waals surface area contributed by atoms with Crippen LogP contribution in [0.1, 0.15) is 13.8 Å². The molecule has 0 amide bonds. The summed E-state index contributed by atoms with van der Waals surface area (Å²) in [5, 5.41) is -0.0220. The molecule has 17 heavy (non-hydrogen) atoms. The fourth-order valence-corrected chi connectivity index (χ4v) is 2.65. The first-order valence-corrected chi connectivity index (χ1v) is 6.73. The molecule has 0 saturated carbocycles.